The molecule has 0 aromatic heterocycles. The molecule has 1 aromatic carbocycles. The molecule has 120 valence electrons. The molecule has 0 spiro atoms. The lowest BCUT2D eigenvalue weighted by atomic mass is 10.0. The zero-order chi connectivity index (χ0) is 16.9. The number of nitrogens with zero attached hydrogens (tertiary/aromatic N) is 1. The van der Waals surface area contributed by atoms with Crippen LogP contribution in [0.5, 0.6) is 5.75 Å². The molecule has 0 aliphatic heterocycles. The Morgan fingerprint density at radius 3 is 2.23 bits per heavy atom. The van der Waals surface area contributed by atoms with Gasteiger partial charge in [0.2, 0.25) is 0 Å². The summed E-state index contributed by atoms with van der Waals surface area (Å²) in [4.78, 5) is 24.9. The first-order valence-electron chi connectivity index (χ1n) is 7.15. The van der Waals surface area contributed by atoms with E-state index in [1.165, 1.54) is 0 Å². The fraction of sp³-hybridized carbons (Fsp3) is 0.412. The molecule has 5 heteroatoms. The van der Waals surface area contributed by atoms with Gasteiger partial charge in [-0.05, 0) is 51.0 Å². The molecule has 0 saturated carbocycles. The second-order valence-corrected chi connectivity index (χ2v) is 5.40. The summed E-state index contributed by atoms with van der Waals surface area (Å²) in [5, 5.41) is 8.69. The summed E-state index contributed by atoms with van der Waals surface area (Å²) in [6.07, 6.45) is 0. The Labute approximate surface area is 131 Å². The Bertz CT molecular complexity index is 569. The van der Waals surface area contributed by atoms with Gasteiger partial charge in [-0.3, -0.25) is 4.79 Å². The topological polar surface area (TPSA) is 66.8 Å². The third-order valence-corrected chi connectivity index (χ3v) is 3.18. The molecule has 0 fully saturated rings. The van der Waals surface area contributed by atoms with E-state index < -0.39 is 12.6 Å². The van der Waals surface area contributed by atoms with E-state index >= 15 is 0 Å². The minimum absolute atomic E-state index is 0.0681. The van der Waals surface area contributed by atoms with Gasteiger partial charge in [0.15, 0.2) is 6.61 Å². The average molecular weight is 305 g/mol. The summed E-state index contributed by atoms with van der Waals surface area (Å²) in [5.41, 5.74) is 2.98. The smallest absolute Gasteiger partial charge is 0.341 e. The van der Waals surface area contributed by atoms with Crippen molar-refractivity contribution < 1.29 is 19.4 Å². The molecule has 22 heavy (non-hydrogen) atoms. The van der Waals surface area contributed by atoms with Crippen LogP contribution in [-0.4, -0.2) is 41.6 Å². The number of carbonyl (C=O) groups is 2. The van der Waals surface area contributed by atoms with Crippen LogP contribution >= 0.6 is 0 Å². The van der Waals surface area contributed by atoms with Crippen LogP contribution in [0.3, 0.4) is 0 Å². The molecule has 0 radical (unpaired) electrons. The molecule has 1 N–H and O–H groups in total. The van der Waals surface area contributed by atoms with Gasteiger partial charge in [-0.15, -0.1) is 0 Å². The number of aryl methyl sites for hydroxylation is 2. The Balaban J connectivity index is 3.04. The summed E-state index contributed by atoms with van der Waals surface area (Å²) in [6.45, 7) is 12.0. The molecule has 0 bridgehead atoms. The number of carboxylic acids is 1. The van der Waals surface area contributed by atoms with Gasteiger partial charge in [0, 0.05) is 18.7 Å². The van der Waals surface area contributed by atoms with E-state index in [0.29, 0.717) is 24.4 Å². The minimum atomic E-state index is -1.03. The second kappa shape index (κ2) is 7.64. The van der Waals surface area contributed by atoms with Crippen LogP contribution in [0.25, 0.3) is 0 Å². The molecular weight excluding hydrogens is 282 g/mol. The van der Waals surface area contributed by atoms with E-state index in [2.05, 4.69) is 6.58 Å². The van der Waals surface area contributed by atoms with Crippen LogP contribution in [-0.2, 0) is 4.79 Å². The highest BCUT2D eigenvalue weighted by molar-refractivity contribution is 5.95. The van der Waals surface area contributed by atoms with E-state index in [-0.39, 0.29) is 5.91 Å². The van der Waals surface area contributed by atoms with Gasteiger partial charge in [-0.25, -0.2) is 4.79 Å². The molecule has 0 atom stereocenters. The van der Waals surface area contributed by atoms with Crippen LogP contribution in [0, 0.1) is 13.8 Å². The normalized spacial score (nSPS) is 10.2. The lowest BCUT2D eigenvalue weighted by Gasteiger charge is -2.22. The molecular formula is C17H23NO4. The van der Waals surface area contributed by atoms with Crippen molar-refractivity contribution >= 4 is 11.9 Å². The number of likely N-dealkylation sites (N-methyl/N-ethyl adjacent to an activating group) is 1. The molecule has 1 rings (SSSR count). The fourth-order valence-electron chi connectivity index (χ4n) is 2.27. The number of hydrogen-bond donors (Lipinski definition) is 1. The van der Waals surface area contributed by atoms with Crippen molar-refractivity contribution in [3.8, 4) is 5.75 Å². The maximum atomic E-state index is 12.5. The van der Waals surface area contributed by atoms with E-state index in [1.807, 2.05) is 13.8 Å². The Morgan fingerprint density at radius 2 is 1.82 bits per heavy atom. The van der Waals surface area contributed by atoms with Crippen molar-refractivity contribution in [1.29, 1.82) is 0 Å². The van der Waals surface area contributed by atoms with Crippen molar-refractivity contribution in [2.75, 3.05) is 19.7 Å². The number of hydrogen-bond acceptors (Lipinski definition) is 3. The number of aliphatic carboxylic acids is 1. The number of amides is 1. The monoisotopic (exact) mass is 305 g/mol. The quantitative estimate of drug-likeness (QED) is 0.787. The lowest BCUT2D eigenvalue weighted by molar-refractivity contribution is -0.139. The maximum Gasteiger partial charge on any atom is 0.341 e. The van der Waals surface area contributed by atoms with Gasteiger partial charge in [-0.1, -0.05) is 12.2 Å². The van der Waals surface area contributed by atoms with Gasteiger partial charge in [-0.2, -0.15) is 0 Å². The standard InChI is InChI=1S/C17H23NO4/c1-6-18(9-11(2)3)17(21)14-7-12(4)16(13(5)8-14)22-10-15(19)20/h7-8H,2,6,9-10H2,1,3-5H3,(H,19,20). The van der Waals surface area contributed by atoms with Gasteiger partial charge in [0.1, 0.15) is 5.75 Å². The van der Waals surface area contributed by atoms with Crippen LogP contribution in [0.15, 0.2) is 24.3 Å². The highest BCUT2D eigenvalue weighted by Crippen LogP contribution is 2.25. The SMILES string of the molecule is C=C(C)CN(CC)C(=O)c1cc(C)c(OCC(=O)O)c(C)c1. The molecule has 5 nitrogen and oxygen atoms in total. The van der Waals surface area contributed by atoms with Gasteiger partial charge in [0.05, 0.1) is 0 Å². The second-order valence-electron chi connectivity index (χ2n) is 5.40. The van der Waals surface area contributed by atoms with E-state index in [9.17, 15) is 9.59 Å². The molecule has 0 aliphatic carbocycles. The molecule has 0 unspecified atom stereocenters. The third kappa shape index (κ3) is 4.62. The first-order chi connectivity index (χ1) is 10.3. The first kappa shape index (κ1) is 17.8. The highest BCUT2D eigenvalue weighted by Gasteiger charge is 2.17. The van der Waals surface area contributed by atoms with Crippen molar-refractivity contribution in [1.82, 2.24) is 4.90 Å². The number of carbonyl (C=O) groups excluding carboxylic acids is 1. The van der Waals surface area contributed by atoms with Gasteiger partial charge >= 0.3 is 5.97 Å². The Hall–Kier alpha value is -2.30. The first-order valence-corrected chi connectivity index (χ1v) is 7.15. The van der Waals surface area contributed by atoms with E-state index in [4.69, 9.17) is 9.84 Å². The van der Waals surface area contributed by atoms with Gasteiger partial charge < -0.3 is 14.7 Å². The zero-order valence-electron chi connectivity index (χ0n) is 13.6. The number of carboxylic acid groups (broad SMARTS) is 1. The van der Waals surface area contributed by atoms with Gasteiger partial charge in [0.25, 0.3) is 5.91 Å². The van der Waals surface area contributed by atoms with Crippen molar-refractivity contribution in [3.63, 3.8) is 0 Å². The fourth-order valence-corrected chi connectivity index (χ4v) is 2.27. The molecule has 1 amide bonds. The lowest BCUT2D eigenvalue weighted by Crippen LogP contribution is -2.32. The predicted octanol–water partition coefficient (Wildman–Crippen LogP) is 2.81. The molecule has 0 aliphatic rings. The average Bonchev–Trinajstić information content (AvgIpc) is 2.42. The molecule has 0 heterocycles. The third-order valence-electron chi connectivity index (χ3n) is 3.18. The summed E-state index contributed by atoms with van der Waals surface area (Å²) in [6, 6.07) is 3.46. The number of benzene rings is 1. The minimum Gasteiger partial charge on any atom is -0.481 e. The van der Waals surface area contributed by atoms with Crippen LogP contribution < -0.4 is 4.74 Å². The summed E-state index contributed by atoms with van der Waals surface area (Å²) in [5.74, 6) is -0.582. The highest BCUT2D eigenvalue weighted by atomic mass is 16.5. The molecule has 1 aromatic rings. The zero-order valence-corrected chi connectivity index (χ0v) is 13.6. The number of rotatable bonds is 7. The summed E-state index contributed by atoms with van der Waals surface area (Å²) in [7, 11) is 0. The van der Waals surface area contributed by atoms with Crippen LogP contribution in [0.4, 0.5) is 0 Å². The largest absolute Gasteiger partial charge is 0.481 e. The predicted molar refractivity (Wildman–Crippen MR) is 85.4 cm³/mol. The van der Waals surface area contributed by atoms with E-state index in [1.54, 1.807) is 30.9 Å². The Morgan fingerprint density at radius 1 is 1.27 bits per heavy atom. The van der Waals surface area contributed by atoms with Crippen LogP contribution in [0.2, 0.25) is 0 Å². The van der Waals surface area contributed by atoms with Crippen molar-refractivity contribution in [2.24, 2.45) is 0 Å². The summed E-state index contributed by atoms with van der Waals surface area (Å²) < 4.78 is 5.28. The summed E-state index contributed by atoms with van der Waals surface area (Å²) >= 11 is 0. The maximum absolute atomic E-state index is 12.5. The Kier molecular flexibility index (Phi) is 6.16. The van der Waals surface area contributed by atoms with Crippen molar-refractivity contribution in [2.45, 2.75) is 27.7 Å². The van der Waals surface area contributed by atoms with Crippen LogP contribution in [0.1, 0.15) is 35.3 Å². The number of ether oxygens (including phenoxy) is 1. The van der Waals surface area contributed by atoms with Crippen molar-refractivity contribution in [3.05, 3.63) is 41.0 Å². The molecule has 0 saturated heterocycles. The van der Waals surface area contributed by atoms with E-state index in [0.717, 1.165) is 16.7 Å².